The van der Waals surface area contributed by atoms with E-state index in [-0.39, 0.29) is 26.2 Å². The zero-order valence-corrected chi connectivity index (χ0v) is 33.2. The van der Waals surface area contributed by atoms with Crippen molar-refractivity contribution in [2.45, 2.75) is 69.1 Å². The van der Waals surface area contributed by atoms with Gasteiger partial charge in [-0.3, -0.25) is 0 Å². The molecule has 248 valence electrons. The van der Waals surface area contributed by atoms with Crippen molar-refractivity contribution in [3.63, 3.8) is 0 Å². The van der Waals surface area contributed by atoms with Crippen molar-refractivity contribution in [3.8, 4) is 0 Å². The molecule has 49 heavy (non-hydrogen) atoms. The van der Waals surface area contributed by atoms with E-state index in [1.54, 1.807) is 11.1 Å². The zero-order chi connectivity index (χ0) is 33.1. The van der Waals surface area contributed by atoms with E-state index in [9.17, 15) is 0 Å². The summed E-state index contributed by atoms with van der Waals surface area (Å²) in [7, 11) is -1.52. The topological polar surface area (TPSA) is 28.2 Å². The number of hydrogen-bond donors (Lipinski definition) is 0. The number of fused-ring (bicyclic) bond motifs is 6. The molecular weight excluding hydrogens is 688 g/mol. The van der Waals surface area contributed by atoms with Gasteiger partial charge in [0.15, 0.2) is 0 Å². The van der Waals surface area contributed by atoms with Crippen molar-refractivity contribution in [2.24, 2.45) is 23.7 Å². The summed E-state index contributed by atoms with van der Waals surface area (Å²) in [4.78, 5) is 0. The van der Waals surface area contributed by atoms with Crippen molar-refractivity contribution >= 4 is 31.6 Å². The van der Waals surface area contributed by atoms with Crippen LogP contribution in [0.5, 0.6) is 0 Å². The summed E-state index contributed by atoms with van der Waals surface area (Å²) in [5, 5.41) is 8.95. The van der Waals surface area contributed by atoms with Crippen LogP contribution in [0.1, 0.15) is 67.2 Å². The summed E-state index contributed by atoms with van der Waals surface area (Å²) in [5.74, 6) is 4.64. The first-order chi connectivity index (χ1) is 23.4. The zero-order valence-electron chi connectivity index (χ0n) is 29.8. The number of benzene rings is 4. The van der Waals surface area contributed by atoms with Gasteiger partial charge in [0.1, 0.15) is 0 Å². The van der Waals surface area contributed by atoms with E-state index in [0.717, 1.165) is 77.5 Å². The molecular formula is C45H52N2SiZr+2. The molecule has 4 aromatic carbocycles. The molecule has 4 aliphatic rings. The van der Waals surface area contributed by atoms with Crippen molar-refractivity contribution < 1.29 is 26.2 Å². The minimum Gasteiger partial charge on any atom is -0.684 e. The van der Waals surface area contributed by atoms with Crippen LogP contribution in [-0.4, -0.2) is 21.2 Å². The van der Waals surface area contributed by atoms with Crippen LogP contribution < -0.4 is 0 Å². The van der Waals surface area contributed by atoms with Crippen LogP contribution in [0.25, 0.3) is 22.8 Å². The Morgan fingerprint density at radius 1 is 0.551 bits per heavy atom. The Hall–Kier alpha value is -2.94. The predicted molar refractivity (Wildman–Crippen MR) is 209 cm³/mol. The third-order valence-corrected chi connectivity index (χ3v) is 17.5. The van der Waals surface area contributed by atoms with E-state index in [1.807, 2.05) is 60.7 Å². The number of hydrogen-bond acceptors (Lipinski definition) is 0. The molecule has 4 aliphatic carbocycles. The van der Waals surface area contributed by atoms with Gasteiger partial charge in [0.05, 0.1) is 8.07 Å². The fourth-order valence-corrected chi connectivity index (χ4v) is 16.8. The Kier molecular flexibility index (Phi) is 11.7. The second-order valence-corrected chi connectivity index (χ2v) is 20.4. The summed E-state index contributed by atoms with van der Waals surface area (Å²) < 4.78 is 0. The van der Waals surface area contributed by atoms with E-state index in [1.165, 1.54) is 24.0 Å². The van der Waals surface area contributed by atoms with Crippen LogP contribution >= 0.6 is 0 Å². The van der Waals surface area contributed by atoms with Crippen molar-refractivity contribution in [3.05, 3.63) is 154 Å². The maximum absolute atomic E-state index is 4.48. The van der Waals surface area contributed by atoms with E-state index < -0.39 is 8.07 Å². The third-order valence-electron chi connectivity index (χ3n) is 12.2. The van der Waals surface area contributed by atoms with Crippen molar-refractivity contribution in [1.29, 1.82) is 0 Å². The second-order valence-electron chi connectivity index (χ2n) is 15.4. The third kappa shape index (κ3) is 7.57. The largest absolute Gasteiger partial charge is 4.00 e. The normalized spacial score (nSPS) is 27.3. The molecule has 2 fully saturated rings. The van der Waals surface area contributed by atoms with Gasteiger partial charge in [0.25, 0.3) is 0 Å². The van der Waals surface area contributed by atoms with Gasteiger partial charge in [-0.1, -0.05) is 167 Å². The van der Waals surface area contributed by atoms with E-state index in [4.69, 9.17) is 0 Å². The van der Waals surface area contributed by atoms with Crippen LogP contribution in [0.2, 0.25) is 24.2 Å². The smallest absolute Gasteiger partial charge is 0.684 e. The van der Waals surface area contributed by atoms with Gasteiger partial charge >= 0.3 is 26.2 Å². The number of para-hydroxylation sites is 2. The average molecular weight is 740 g/mol. The second kappa shape index (κ2) is 15.9. The monoisotopic (exact) mass is 738 g/mol. The minimum atomic E-state index is -1.52. The molecule has 0 bridgehead atoms. The molecule has 8 atom stereocenters. The molecule has 0 radical (unpaired) electrons. The van der Waals surface area contributed by atoms with Gasteiger partial charge in [-0.15, -0.1) is 24.5 Å². The van der Waals surface area contributed by atoms with Crippen molar-refractivity contribution in [2.75, 3.05) is 13.1 Å². The van der Waals surface area contributed by atoms with Crippen LogP contribution in [0, 0.1) is 23.7 Å². The number of allylic oxidation sites excluding steroid dienone is 2. The summed E-state index contributed by atoms with van der Waals surface area (Å²) >= 11 is 0. The SMILES string of the molecule is CC1CC2c3ccccc3C=CC2C1[Si](C)(C)C1C(C)CC2c3ccccc3C=CC21.[Zr+4].c1ccc([N-]CCC[N-]c2ccccc2)cc1. The summed E-state index contributed by atoms with van der Waals surface area (Å²) in [6.07, 6.45) is 13.9. The first kappa shape index (κ1) is 35.9. The van der Waals surface area contributed by atoms with E-state index >= 15 is 0 Å². The molecule has 0 spiro atoms. The molecule has 0 aliphatic heterocycles. The average Bonchev–Trinajstić information content (AvgIpc) is 3.66. The molecule has 0 aromatic heterocycles. The predicted octanol–water partition coefficient (Wildman–Crippen LogP) is 13.2. The Morgan fingerprint density at radius 3 is 1.37 bits per heavy atom. The fourth-order valence-electron chi connectivity index (χ4n) is 10.5. The maximum Gasteiger partial charge on any atom is 4.00 e. The standard InChI is InChI=1S/C30H36Si.C15H16N2.Zr/c1-19-17-27-23-11-7-5-9-21(23)13-15-25(27)29(19)31(3,4)30-20(2)18-28-24-12-8-6-10-22(24)14-16-26(28)30;1-3-8-14(9-4-1)16-12-7-13-17-15-10-5-2-6-11-15;/h5-16,19-20,25-30H,17-18H2,1-4H3;1-6,8-11H,7,12-13H2;/q;-2;+4. The van der Waals surface area contributed by atoms with Gasteiger partial charge in [-0.25, -0.2) is 0 Å². The molecule has 8 unspecified atom stereocenters. The summed E-state index contributed by atoms with van der Waals surface area (Å²) in [5.41, 5.74) is 10.1. The minimum absolute atomic E-state index is 0. The fraction of sp³-hybridized carbons (Fsp3) is 0.378. The Bertz CT molecular complexity index is 1590. The molecule has 2 nitrogen and oxygen atoms in total. The van der Waals surface area contributed by atoms with Crippen LogP contribution in [0.15, 0.2) is 121 Å². The molecule has 0 saturated heterocycles. The number of nitrogens with zero attached hydrogens (tertiary/aromatic N) is 2. The van der Waals surface area contributed by atoms with Gasteiger partial charge in [0, 0.05) is 0 Å². The summed E-state index contributed by atoms with van der Waals surface area (Å²) in [6.45, 7) is 12.4. The molecule has 0 N–H and O–H groups in total. The molecule has 8 rings (SSSR count). The van der Waals surface area contributed by atoms with Gasteiger partial charge in [-0.05, 0) is 81.7 Å². The molecule has 4 heteroatoms. The molecule has 0 amide bonds. The molecule has 2 saturated carbocycles. The van der Waals surface area contributed by atoms with E-state index in [0.29, 0.717) is 0 Å². The van der Waals surface area contributed by atoms with E-state index in [2.05, 4.69) is 110 Å². The Labute approximate surface area is 316 Å². The van der Waals surface area contributed by atoms with Gasteiger partial charge in [-0.2, -0.15) is 0 Å². The quantitative estimate of drug-likeness (QED) is 0.127. The first-order valence-corrected chi connectivity index (χ1v) is 21.6. The van der Waals surface area contributed by atoms with Crippen LogP contribution in [-0.2, 0) is 26.2 Å². The summed E-state index contributed by atoms with van der Waals surface area (Å²) in [6, 6.07) is 38.5. The van der Waals surface area contributed by atoms with Crippen molar-refractivity contribution in [1.82, 2.24) is 0 Å². The van der Waals surface area contributed by atoms with Crippen LogP contribution in [0.4, 0.5) is 11.4 Å². The Balaban J connectivity index is 0.000000198. The Morgan fingerprint density at radius 2 is 0.939 bits per heavy atom. The number of rotatable bonds is 8. The first-order valence-electron chi connectivity index (χ1n) is 18.4. The van der Waals surface area contributed by atoms with Gasteiger partial charge < -0.3 is 10.6 Å². The van der Waals surface area contributed by atoms with Crippen LogP contribution in [0.3, 0.4) is 0 Å². The maximum atomic E-state index is 4.48. The molecule has 0 heterocycles. The molecule has 4 aromatic rings. The van der Waals surface area contributed by atoms with Gasteiger partial charge in [0.2, 0.25) is 0 Å².